The topological polar surface area (TPSA) is 47.6 Å². The lowest BCUT2D eigenvalue weighted by molar-refractivity contribution is -0.119. The molecule has 0 heterocycles. The summed E-state index contributed by atoms with van der Waals surface area (Å²) in [6.07, 6.45) is 6.42. The summed E-state index contributed by atoms with van der Waals surface area (Å²) in [6, 6.07) is 10.4. The van der Waals surface area contributed by atoms with E-state index in [0.29, 0.717) is 6.54 Å². The van der Waals surface area contributed by atoms with Crippen LogP contribution in [-0.4, -0.2) is 20.1 Å². The fourth-order valence-electron chi connectivity index (χ4n) is 4.43. The molecule has 0 spiro atoms. The molecule has 1 aliphatic rings. The summed E-state index contributed by atoms with van der Waals surface area (Å²) in [6.45, 7) is 11.3. The van der Waals surface area contributed by atoms with E-state index in [1.54, 1.807) is 14.2 Å². The standard InChI is InChI=1S/C27H35NO3/c1-18(29)28-17-20-10-8-19(9-11-20)12-13-21-23(30-6)16-22-24(25(21)31-7)27(4,5)15-14-26(22,2)3/h8-13,16H,14-15,17H2,1-7H3,(H,28,29)/b13-12+. The van der Waals surface area contributed by atoms with Crippen LogP contribution in [0.15, 0.2) is 30.3 Å². The van der Waals surface area contributed by atoms with Crippen LogP contribution >= 0.6 is 0 Å². The van der Waals surface area contributed by atoms with Crippen LogP contribution in [0.1, 0.15) is 75.3 Å². The van der Waals surface area contributed by atoms with Gasteiger partial charge < -0.3 is 14.8 Å². The minimum Gasteiger partial charge on any atom is -0.496 e. The second kappa shape index (κ2) is 8.78. The van der Waals surface area contributed by atoms with E-state index in [-0.39, 0.29) is 16.7 Å². The van der Waals surface area contributed by atoms with Gasteiger partial charge in [0.2, 0.25) is 5.91 Å². The number of fused-ring (bicyclic) bond motifs is 1. The van der Waals surface area contributed by atoms with Gasteiger partial charge in [-0.15, -0.1) is 0 Å². The maximum Gasteiger partial charge on any atom is 0.217 e. The van der Waals surface area contributed by atoms with E-state index in [4.69, 9.17) is 9.47 Å². The van der Waals surface area contributed by atoms with E-state index >= 15 is 0 Å². The second-order valence-corrected chi connectivity index (χ2v) is 9.70. The first-order chi connectivity index (χ1) is 14.6. The third-order valence-electron chi connectivity index (χ3n) is 6.45. The number of nitrogens with one attached hydrogen (secondary N) is 1. The predicted octanol–water partition coefficient (Wildman–Crippen LogP) is 5.86. The fourth-order valence-corrected chi connectivity index (χ4v) is 4.43. The molecule has 4 nitrogen and oxygen atoms in total. The molecule has 4 heteroatoms. The van der Waals surface area contributed by atoms with Crippen molar-refractivity contribution >= 4 is 18.1 Å². The number of hydrogen-bond donors (Lipinski definition) is 1. The Balaban J connectivity index is 2.02. The molecule has 1 N–H and O–H groups in total. The molecule has 0 saturated carbocycles. The molecule has 2 aromatic rings. The maximum absolute atomic E-state index is 11.1. The van der Waals surface area contributed by atoms with Gasteiger partial charge in [-0.25, -0.2) is 0 Å². The van der Waals surface area contributed by atoms with E-state index in [0.717, 1.165) is 41.0 Å². The number of benzene rings is 2. The van der Waals surface area contributed by atoms with Crippen molar-refractivity contribution in [3.05, 3.63) is 58.1 Å². The van der Waals surface area contributed by atoms with Crippen molar-refractivity contribution < 1.29 is 14.3 Å². The lowest BCUT2D eigenvalue weighted by atomic mass is 9.62. The Morgan fingerprint density at radius 1 is 1.00 bits per heavy atom. The average Bonchev–Trinajstić information content (AvgIpc) is 2.73. The van der Waals surface area contributed by atoms with Crippen molar-refractivity contribution in [2.45, 2.75) is 64.8 Å². The summed E-state index contributed by atoms with van der Waals surface area (Å²) in [5.74, 6) is 1.72. The van der Waals surface area contributed by atoms with Crippen LogP contribution in [0, 0.1) is 0 Å². The van der Waals surface area contributed by atoms with Gasteiger partial charge in [-0.2, -0.15) is 0 Å². The molecular weight excluding hydrogens is 386 g/mol. The number of ether oxygens (including phenoxy) is 2. The van der Waals surface area contributed by atoms with Crippen molar-refractivity contribution in [2.24, 2.45) is 0 Å². The second-order valence-electron chi connectivity index (χ2n) is 9.70. The molecule has 3 rings (SSSR count). The zero-order valence-electron chi connectivity index (χ0n) is 19.9. The quantitative estimate of drug-likeness (QED) is 0.594. The zero-order valence-corrected chi connectivity index (χ0v) is 19.9. The Bertz CT molecular complexity index is 985. The Kier molecular flexibility index (Phi) is 6.49. The van der Waals surface area contributed by atoms with Crippen molar-refractivity contribution in [2.75, 3.05) is 14.2 Å². The van der Waals surface area contributed by atoms with Gasteiger partial charge in [0.15, 0.2) is 0 Å². The Morgan fingerprint density at radius 3 is 2.23 bits per heavy atom. The number of carbonyl (C=O) groups is 1. The minimum absolute atomic E-state index is 0.0262. The smallest absolute Gasteiger partial charge is 0.217 e. The lowest BCUT2D eigenvalue weighted by Crippen LogP contribution is -2.34. The summed E-state index contributed by atoms with van der Waals surface area (Å²) in [4.78, 5) is 11.1. The number of amides is 1. The summed E-state index contributed by atoms with van der Waals surface area (Å²) >= 11 is 0. The monoisotopic (exact) mass is 421 g/mol. The van der Waals surface area contributed by atoms with E-state index < -0.39 is 0 Å². The van der Waals surface area contributed by atoms with Crippen LogP contribution in [0.25, 0.3) is 12.2 Å². The number of rotatable bonds is 6. The Labute approximate surface area is 186 Å². The molecule has 166 valence electrons. The van der Waals surface area contributed by atoms with Gasteiger partial charge in [0.05, 0.1) is 19.8 Å². The van der Waals surface area contributed by atoms with Gasteiger partial charge in [-0.3, -0.25) is 4.79 Å². The minimum atomic E-state index is -0.0262. The van der Waals surface area contributed by atoms with Crippen LogP contribution in [-0.2, 0) is 22.2 Å². The van der Waals surface area contributed by atoms with Crippen molar-refractivity contribution in [3.63, 3.8) is 0 Å². The maximum atomic E-state index is 11.1. The van der Waals surface area contributed by atoms with Crippen LogP contribution in [0.2, 0.25) is 0 Å². The highest BCUT2D eigenvalue weighted by molar-refractivity contribution is 5.79. The Hall–Kier alpha value is -2.75. The third kappa shape index (κ3) is 4.79. The molecule has 0 bridgehead atoms. The normalized spacial score (nSPS) is 16.6. The lowest BCUT2D eigenvalue weighted by Gasteiger charge is -2.43. The molecule has 31 heavy (non-hydrogen) atoms. The molecule has 0 unspecified atom stereocenters. The molecule has 0 radical (unpaired) electrons. The first kappa shape index (κ1) is 22.9. The van der Waals surface area contributed by atoms with Gasteiger partial charge in [0, 0.05) is 19.0 Å². The first-order valence-electron chi connectivity index (χ1n) is 10.9. The van der Waals surface area contributed by atoms with Gasteiger partial charge in [0.1, 0.15) is 11.5 Å². The number of methoxy groups -OCH3 is 2. The highest BCUT2D eigenvalue weighted by atomic mass is 16.5. The zero-order chi connectivity index (χ0) is 22.8. The molecule has 0 aliphatic heterocycles. The SMILES string of the molecule is COc1cc2c(c(OC)c1/C=C/c1ccc(CNC(C)=O)cc1)C(C)(C)CCC2(C)C. The first-order valence-corrected chi connectivity index (χ1v) is 10.9. The third-order valence-corrected chi connectivity index (χ3v) is 6.45. The van der Waals surface area contributed by atoms with Crippen LogP contribution in [0.5, 0.6) is 11.5 Å². The average molecular weight is 422 g/mol. The van der Waals surface area contributed by atoms with Gasteiger partial charge in [0.25, 0.3) is 0 Å². The summed E-state index contributed by atoms with van der Waals surface area (Å²) < 4.78 is 11.8. The van der Waals surface area contributed by atoms with Crippen LogP contribution in [0.4, 0.5) is 0 Å². The molecular formula is C27H35NO3. The van der Waals surface area contributed by atoms with Gasteiger partial charge in [-0.1, -0.05) is 58.0 Å². The highest BCUT2D eigenvalue weighted by Gasteiger charge is 2.40. The van der Waals surface area contributed by atoms with Crippen molar-refractivity contribution in [3.8, 4) is 11.5 Å². The van der Waals surface area contributed by atoms with E-state index in [2.05, 4.69) is 63.4 Å². The predicted molar refractivity (Wildman–Crippen MR) is 128 cm³/mol. The molecule has 2 aromatic carbocycles. The van der Waals surface area contributed by atoms with E-state index in [9.17, 15) is 4.79 Å². The molecule has 0 saturated heterocycles. The van der Waals surface area contributed by atoms with E-state index in [1.807, 2.05) is 12.1 Å². The van der Waals surface area contributed by atoms with Crippen LogP contribution < -0.4 is 14.8 Å². The highest BCUT2D eigenvalue weighted by Crippen LogP contribution is 2.52. The molecule has 0 aromatic heterocycles. The van der Waals surface area contributed by atoms with E-state index in [1.165, 1.54) is 18.1 Å². The summed E-state index contributed by atoms with van der Waals surface area (Å²) in [5, 5.41) is 2.82. The molecule has 0 fully saturated rings. The number of carbonyl (C=O) groups excluding carboxylic acids is 1. The van der Waals surface area contributed by atoms with Crippen LogP contribution in [0.3, 0.4) is 0 Å². The fraction of sp³-hybridized carbons (Fsp3) is 0.444. The largest absolute Gasteiger partial charge is 0.496 e. The molecule has 0 atom stereocenters. The molecule has 1 amide bonds. The Morgan fingerprint density at radius 2 is 1.65 bits per heavy atom. The van der Waals surface area contributed by atoms with Crippen molar-refractivity contribution in [1.82, 2.24) is 5.32 Å². The van der Waals surface area contributed by atoms with Gasteiger partial charge in [-0.05, 0) is 52.5 Å². The number of hydrogen-bond acceptors (Lipinski definition) is 3. The summed E-state index contributed by atoms with van der Waals surface area (Å²) in [7, 11) is 3.47. The van der Waals surface area contributed by atoms with Gasteiger partial charge >= 0.3 is 0 Å². The summed E-state index contributed by atoms with van der Waals surface area (Å²) in [5.41, 5.74) is 5.84. The van der Waals surface area contributed by atoms with Crippen molar-refractivity contribution in [1.29, 1.82) is 0 Å². The molecule has 1 aliphatic carbocycles.